The van der Waals surface area contributed by atoms with E-state index in [2.05, 4.69) is 20.3 Å². The molecule has 1 N–H and O–H groups in total. The molecule has 0 bridgehead atoms. The molecule has 3 aromatic heterocycles. The molecule has 4 aromatic rings. The van der Waals surface area contributed by atoms with Gasteiger partial charge in [-0.05, 0) is 43.3 Å². The lowest BCUT2D eigenvalue weighted by Gasteiger charge is -2.10. The summed E-state index contributed by atoms with van der Waals surface area (Å²) in [7, 11) is 1.58. The van der Waals surface area contributed by atoms with E-state index in [4.69, 9.17) is 4.74 Å². The number of rotatable bonds is 4. The van der Waals surface area contributed by atoms with E-state index >= 15 is 0 Å². The summed E-state index contributed by atoms with van der Waals surface area (Å²) < 4.78 is 45.3. The van der Waals surface area contributed by atoms with Crippen LogP contribution in [-0.4, -0.2) is 26.5 Å². The molecule has 0 fully saturated rings. The second kappa shape index (κ2) is 7.08. The largest absolute Gasteiger partial charge is 0.495 e. The van der Waals surface area contributed by atoms with Crippen molar-refractivity contribution in [3.8, 4) is 17.1 Å². The molecular weight excluding hydrogens is 383 g/mol. The van der Waals surface area contributed by atoms with E-state index in [1.165, 1.54) is 18.3 Å². The fraction of sp³-hybridized carbons (Fsp3) is 0.150. The van der Waals surface area contributed by atoms with Gasteiger partial charge in [-0.1, -0.05) is 0 Å². The monoisotopic (exact) mass is 399 g/mol. The number of fused-ring (bicyclic) bond motifs is 1. The Hall–Kier alpha value is -3.62. The maximum Gasteiger partial charge on any atom is 0.416 e. The number of ether oxygens (including phenoxy) is 1. The Labute approximate surface area is 164 Å². The number of hydrogen-bond acceptors (Lipinski definition) is 5. The number of alkyl halides is 3. The molecule has 1 aromatic carbocycles. The molecule has 6 nitrogen and oxygen atoms in total. The highest BCUT2D eigenvalue weighted by molar-refractivity contribution is 5.66. The zero-order chi connectivity index (χ0) is 20.6. The van der Waals surface area contributed by atoms with Gasteiger partial charge in [0.05, 0.1) is 42.7 Å². The molecule has 9 heteroatoms. The minimum atomic E-state index is -4.38. The van der Waals surface area contributed by atoms with Crippen LogP contribution in [-0.2, 0) is 6.18 Å². The number of hydrogen-bond donors (Lipinski definition) is 1. The van der Waals surface area contributed by atoms with Crippen molar-refractivity contribution in [2.45, 2.75) is 13.1 Å². The Morgan fingerprint density at radius 3 is 2.45 bits per heavy atom. The Kier molecular flexibility index (Phi) is 4.57. The van der Waals surface area contributed by atoms with Crippen LogP contribution in [0.4, 0.5) is 24.7 Å². The van der Waals surface area contributed by atoms with Gasteiger partial charge >= 0.3 is 6.18 Å². The molecule has 0 spiro atoms. The molecule has 0 aliphatic rings. The lowest BCUT2D eigenvalue weighted by Crippen LogP contribution is -2.04. The van der Waals surface area contributed by atoms with E-state index in [0.717, 1.165) is 29.2 Å². The van der Waals surface area contributed by atoms with Crippen molar-refractivity contribution < 1.29 is 17.9 Å². The summed E-state index contributed by atoms with van der Waals surface area (Å²) in [6, 6.07) is 8.39. The van der Waals surface area contributed by atoms with E-state index in [1.807, 2.05) is 29.7 Å². The Morgan fingerprint density at radius 1 is 1.00 bits per heavy atom. The zero-order valence-corrected chi connectivity index (χ0v) is 15.5. The third-order valence-electron chi connectivity index (χ3n) is 4.36. The molecular formula is C20H16F3N5O. The number of nitrogens with zero attached hydrogens (tertiary/aromatic N) is 4. The van der Waals surface area contributed by atoms with Crippen LogP contribution >= 0.6 is 0 Å². The lowest BCUT2D eigenvalue weighted by atomic mass is 10.2. The lowest BCUT2D eigenvalue weighted by molar-refractivity contribution is -0.137. The van der Waals surface area contributed by atoms with Crippen molar-refractivity contribution >= 4 is 17.2 Å². The predicted octanol–water partition coefficient (Wildman–Crippen LogP) is 4.87. The quantitative estimate of drug-likeness (QED) is 0.530. The second-order valence-electron chi connectivity index (χ2n) is 6.33. The van der Waals surface area contributed by atoms with Crippen LogP contribution in [0.25, 0.3) is 17.0 Å². The number of imidazole rings is 1. The van der Waals surface area contributed by atoms with Gasteiger partial charge in [0.2, 0.25) is 0 Å². The van der Waals surface area contributed by atoms with Crippen molar-refractivity contribution in [3.63, 3.8) is 0 Å². The summed E-state index contributed by atoms with van der Waals surface area (Å²) >= 11 is 0. The summed E-state index contributed by atoms with van der Waals surface area (Å²) in [6.07, 6.45) is 0.538. The number of pyridine rings is 1. The van der Waals surface area contributed by atoms with E-state index in [9.17, 15) is 13.2 Å². The van der Waals surface area contributed by atoms with Crippen LogP contribution in [0, 0.1) is 6.92 Å². The molecule has 0 saturated carbocycles. The summed E-state index contributed by atoms with van der Waals surface area (Å²) in [6.45, 7) is 1.87. The third kappa shape index (κ3) is 3.71. The van der Waals surface area contributed by atoms with Gasteiger partial charge in [-0.3, -0.25) is 9.38 Å². The number of anilines is 2. The van der Waals surface area contributed by atoms with Gasteiger partial charge in [-0.2, -0.15) is 13.2 Å². The highest BCUT2D eigenvalue weighted by Gasteiger charge is 2.29. The molecule has 148 valence electrons. The Balaban J connectivity index is 1.68. The topological polar surface area (TPSA) is 64.3 Å². The molecule has 0 aliphatic carbocycles. The molecule has 0 unspecified atom stereocenters. The smallest absolute Gasteiger partial charge is 0.416 e. The summed E-state index contributed by atoms with van der Waals surface area (Å²) in [5, 5.41) is 2.98. The van der Waals surface area contributed by atoms with Crippen LogP contribution < -0.4 is 10.1 Å². The van der Waals surface area contributed by atoms with E-state index < -0.39 is 11.7 Å². The van der Waals surface area contributed by atoms with Gasteiger partial charge in [0.15, 0.2) is 0 Å². The number of nitrogens with one attached hydrogen (secondary N) is 1. The molecule has 0 atom stereocenters. The summed E-state index contributed by atoms with van der Waals surface area (Å²) in [5.74, 6) is 1.07. The van der Waals surface area contributed by atoms with Crippen molar-refractivity contribution in [2.75, 3.05) is 12.4 Å². The molecule has 0 saturated heterocycles. The van der Waals surface area contributed by atoms with Crippen molar-refractivity contribution in [3.05, 3.63) is 66.2 Å². The standard InChI is InChI=1S/C20H16F3N5O/c1-12-19(28-11-15(29-2)7-8-18(28)25-12)16-9-24-10-17(27-16)26-14-5-3-13(4-6-14)20(21,22)23/h3-11H,1-2H3,(H,26,27). The highest BCUT2D eigenvalue weighted by Crippen LogP contribution is 2.30. The van der Waals surface area contributed by atoms with Gasteiger partial charge in [-0.15, -0.1) is 0 Å². The molecule has 0 radical (unpaired) electrons. The highest BCUT2D eigenvalue weighted by atomic mass is 19.4. The van der Waals surface area contributed by atoms with Gasteiger partial charge in [0, 0.05) is 5.69 Å². The minimum absolute atomic E-state index is 0.402. The van der Waals surface area contributed by atoms with Gasteiger partial charge in [0.25, 0.3) is 0 Å². The number of methoxy groups -OCH3 is 1. The predicted molar refractivity (Wildman–Crippen MR) is 102 cm³/mol. The minimum Gasteiger partial charge on any atom is -0.495 e. The summed E-state index contributed by atoms with van der Waals surface area (Å²) in [5.41, 5.74) is 2.59. The number of aromatic nitrogens is 4. The van der Waals surface area contributed by atoms with Crippen LogP contribution in [0.5, 0.6) is 5.75 Å². The first kappa shape index (κ1) is 18.7. The first-order chi connectivity index (χ1) is 13.8. The normalized spacial score (nSPS) is 11.6. The first-order valence-corrected chi connectivity index (χ1v) is 8.64. The maximum absolute atomic E-state index is 12.7. The first-order valence-electron chi connectivity index (χ1n) is 8.64. The molecule has 4 rings (SSSR count). The fourth-order valence-corrected chi connectivity index (χ4v) is 3.00. The number of halogens is 3. The zero-order valence-electron chi connectivity index (χ0n) is 15.5. The fourth-order valence-electron chi connectivity index (χ4n) is 3.00. The van der Waals surface area contributed by atoms with Crippen molar-refractivity contribution in [2.24, 2.45) is 0 Å². The van der Waals surface area contributed by atoms with E-state index in [0.29, 0.717) is 22.9 Å². The van der Waals surface area contributed by atoms with Crippen LogP contribution in [0.1, 0.15) is 11.3 Å². The molecule has 29 heavy (non-hydrogen) atoms. The van der Waals surface area contributed by atoms with Crippen LogP contribution in [0.2, 0.25) is 0 Å². The second-order valence-corrected chi connectivity index (χ2v) is 6.33. The average molecular weight is 399 g/mol. The van der Waals surface area contributed by atoms with Crippen molar-refractivity contribution in [1.82, 2.24) is 19.4 Å². The van der Waals surface area contributed by atoms with Crippen LogP contribution in [0.3, 0.4) is 0 Å². The van der Waals surface area contributed by atoms with E-state index in [1.54, 1.807) is 13.3 Å². The van der Waals surface area contributed by atoms with Crippen LogP contribution in [0.15, 0.2) is 55.0 Å². The average Bonchev–Trinajstić information content (AvgIpc) is 3.02. The van der Waals surface area contributed by atoms with Gasteiger partial charge in [0.1, 0.15) is 22.9 Å². The molecule has 0 amide bonds. The SMILES string of the molecule is COc1ccc2nc(C)c(-c3cncc(Nc4ccc(C(F)(F)F)cc4)n3)n2c1. The maximum atomic E-state index is 12.7. The number of aryl methyl sites for hydroxylation is 1. The van der Waals surface area contributed by atoms with E-state index in [-0.39, 0.29) is 0 Å². The third-order valence-corrected chi connectivity index (χ3v) is 4.36. The molecule has 3 heterocycles. The van der Waals surface area contributed by atoms with Crippen molar-refractivity contribution in [1.29, 1.82) is 0 Å². The molecule has 0 aliphatic heterocycles. The number of benzene rings is 1. The van der Waals surface area contributed by atoms with Gasteiger partial charge in [-0.25, -0.2) is 9.97 Å². The Bertz CT molecular complexity index is 1170. The summed E-state index contributed by atoms with van der Waals surface area (Å²) in [4.78, 5) is 13.3. The van der Waals surface area contributed by atoms with Gasteiger partial charge < -0.3 is 10.1 Å². The Morgan fingerprint density at radius 2 is 1.76 bits per heavy atom.